The zero-order valence-corrected chi connectivity index (χ0v) is 21.1. The second kappa shape index (κ2) is 12.2. The highest BCUT2D eigenvalue weighted by Crippen LogP contribution is 2.14. The van der Waals surface area contributed by atoms with Crippen LogP contribution in [0.1, 0.15) is 17.2 Å². The molecule has 1 amide bonds. The van der Waals surface area contributed by atoms with Gasteiger partial charge in [0.25, 0.3) is 0 Å². The molecule has 2 aromatic rings. The summed E-state index contributed by atoms with van der Waals surface area (Å²) in [5, 5.41) is 12.2. The molecule has 2 heterocycles. The summed E-state index contributed by atoms with van der Waals surface area (Å²) in [6, 6.07) is 7.58. The van der Waals surface area contributed by atoms with Gasteiger partial charge in [0.15, 0.2) is 11.8 Å². The molecule has 9 nitrogen and oxygen atoms in total. The highest BCUT2D eigenvalue weighted by atomic mass is 127. The van der Waals surface area contributed by atoms with E-state index in [0.29, 0.717) is 50.3 Å². The van der Waals surface area contributed by atoms with Crippen LogP contribution in [0.5, 0.6) is 0 Å². The van der Waals surface area contributed by atoms with Gasteiger partial charge in [-0.2, -0.15) is 0 Å². The van der Waals surface area contributed by atoms with E-state index < -0.39 is 0 Å². The first kappa shape index (κ1) is 25.3. The van der Waals surface area contributed by atoms with Crippen LogP contribution in [0.25, 0.3) is 0 Å². The van der Waals surface area contributed by atoms with Crippen LogP contribution in [-0.2, 0) is 29.7 Å². The summed E-state index contributed by atoms with van der Waals surface area (Å²) in [4.78, 5) is 21.3. The number of methoxy groups -OCH3 is 1. The number of hydrogen-bond acceptors (Lipinski definition) is 5. The normalized spacial score (nSPS) is 14.6. The monoisotopic (exact) mass is 561 g/mol. The van der Waals surface area contributed by atoms with Crippen LogP contribution in [0.3, 0.4) is 0 Å². The van der Waals surface area contributed by atoms with Gasteiger partial charge in [0, 0.05) is 45.4 Å². The minimum Gasteiger partial charge on any atom is -0.383 e. The van der Waals surface area contributed by atoms with E-state index in [0.717, 1.165) is 17.2 Å². The molecule has 1 saturated heterocycles. The van der Waals surface area contributed by atoms with Gasteiger partial charge in [-0.1, -0.05) is 23.7 Å². The summed E-state index contributed by atoms with van der Waals surface area (Å²) in [5.74, 6) is 2.34. The Labute approximate surface area is 204 Å². The number of carbonyl (C=O) groups is 1. The fourth-order valence-corrected chi connectivity index (χ4v) is 3.26. The lowest BCUT2D eigenvalue weighted by molar-refractivity contribution is -0.135. The second-order valence-electron chi connectivity index (χ2n) is 7.15. The number of benzene rings is 1. The molecule has 0 saturated carbocycles. The van der Waals surface area contributed by atoms with Crippen molar-refractivity contribution in [2.45, 2.75) is 20.0 Å². The average molecular weight is 562 g/mol. The van der Waals surface area contributed by atoms with E-state index in [1.165, 1.54) is 0 Å². The summed E-state index contributed by atoms with van der Waals surface area (Å²) in [6.45, 7) is 5.59. The van der Waals surface area contributed by atoms with Gasteiger partial charge in [0.1, 0.15) is 12.4 Å². The molecule has 0 aliphatic carbocycles. The van der Waals surface area contributed by atoms with Crippen molar-refractivity contribution in [1.29, 1.82) is 0 Å². The summed E-state index contributed by atoms with van der Waals surface area (Å²) in [5.41, 5.74) is 1.06. The van der Waals surface area contributed by atoms with Gasteiger partial charge in [-0.15, -0.1) is 34.2 Å². The number of hydrogen-bond donors (Lipinski definition) is 1. The molecule has 1 fully saturated rings. The van der Waals surface area contributed by atoms with E-state index in [9.17, 15) is 4.79 Å². The third-order valence-corrected chi connectivity index (χ3v) is 5.30. The smallest absolute Gasteiger partial charge is 0.242 e. The van der Waals surface area contributed by atoms with Gasteiger partial charge in [-0.05, 0) is 24.6 Å². The van der Waals surface area contributed by atoms with Gasteiger partial charge < -0.3 is 24.4 Å². The molecule has 1 aromatic heterocycles. The predicted octanol–water partition coefficient (Wildman–Crippen LogP) is 1.83. The Kier molecular flexibility index (Phi) is 9.97. The number of ether oxygens (including phenoxy) is 1. The second-order valence-corrected chi connectivity index (χ2v) is 7.58. The summed E-state index contributed by atoms with van der Waals surface area (Å²) in [7, 11) is 3.57. The third kappa shape index (κ3) is 7.04. The van der Waals surface area contributed by atoms with Crippen LogP contribution >= 0.6 is 35.6 Å². The molecular formula is C20H29ClIN7O2. The molecule has 1 aliphatic rings. The lowest BCUT2D eigenvalue weighted by Gasteiger charge is -2.36. The molecule has 0 radical (unpaired) electrons. The number of aromatic nitrogens is 3. The minimum atomic E-state index is 0. The number of amides is 1. The van der Waals surface area contributed by atoms with E-state index in [1.54, 1.807) is 7.11 Å². The number of piperazine rings is 1. The molecular weight excluding hydrogens is 533 g/mol. The molecule has 0 bridgehead atoms. The van der Waals surface area contributed by atoms with Gasteiger partial charge in [0.2, 0.25) is 5.91 Å². The van der Waals surface area contributed by atoms with Gasteiger partial charge in [-0.3, -0.25) is 4.79 Å². The lowest BCUT2D eigenvalue weighted by Crippen LogP contribution is -2.55. The van der Waals surface area contributed by atoms with Crippen molar-refractivity contribution >= 4 is 47.4 Å². The Hall–Kier alpha value is -1.92. The molecule has 0 unspecified atom stereocenters. The Morgan fingerprint density at radius 3 is 2.61 bits per heavy atom. The average Bonchev–Trinajstić information content (AvgIpc) is 3.06. The first-order valence-corrected chi connectivity index (χ1v) is 10.2. The van der Waals surface area contributed by atoms with Gasteiger partial charge in [0.05, 0.1) is 13.2 Å². The largest absolute Gasteiger partial charge is 0.383 e. The van der Waals surface area contributed by atoms with Crippen molar-refractivity contribution in [2.75, 3.05) is 39.9 Å². The minimum absolute atomic E-state index is 0. The highest BCUT2D eigenvalue weighted by Gasteiger charge is 2.26. The number of nitrogens with zero attached hydrogens (tertiary/aromatic N) is 6. The van der Waals surface area contributed by atoms with E-state index in [2.05, 4.69) is 20.5 Å². The number of aryl methyl sites for hydroxylation is 1. The Balaban J connectivity index is 0.00000341. The molecule has 3 rings (SSSR count). The van der Waals surface area contributed by atoms with Crippen LogP contribution in [0.4, 0.5) is 0 Å². The van der Waals surface area contributed by atoms with Crippen molar-refractivity contribution in [2.24, 2.45) is 12.0 Å². The number of carbonyl (C=O) groups excluding carboxylic acids is 1. The van der Waals surface area contributed by atoms with Crippen LogP contribution in [0.2, 0.25) is 5.02 Å². The molecule has 1 aromatic carbocycles. The summed E-state index contributed by atoms with van der Waals surface area (Å²) < 4.78 is 7.04. The summed E-state index contributed by atoms with van der Waals surface area (Å²) >= 11 is 5.95. The Bertz CT molecular complexity index is 888. The lowest BCUT2D eigenvalue weighted by atomic mass is 10.2. The van der Waals surface area contributed by atoms with Crippen molar-refractivity contribution in [1.82, 2.24) is 29.9 Å². The van der Waals surface area contributed by atoms with E-state index in [-0.39, 0.29) is 36.4 Å². The van der Waals surface area contributed by atoms with Crippen molar-refractivity contribution < 1.29 is 9.53 Å². The first-order valence-electron chi connectivity index (χ1n) is 9.87. The summed E-state index contributed by atoms with van der Waals surface area (Å²) in [6.07, 6.45) is 0. The number of guanidine groups is 1. The SMILES string of the molecule is COCCNC(=NCc1nnc(C)n1C)N1CCN(Cc2ccc(Cl)cc2)C(=O)C1.I. The maximum atomic E-state index is 12.8. The predicted molar refractivity (Wildman–Crippen MR) is 131 cm³/mol. The molecule has 1 aliphatic heterocycles. The Morgan fingerprint density at radius 1 is 1.26 bits per heavy atom. The number of aliphatic imine (C=N–C) groups is 1. The number of rotatable bonds is 7. The van der Waals surface area contributed by atoms with E-state index in [1.807, 2.05) is 52.6 Å². The molecule has 11 heteroatoms. The van der Waals surface area contributed by atoms with Gasteiger partial charge >= 0.3 is 0 Å². The van der Waals surface area contributed by atoms with E-state index >= 15 is 0 Å². The van der Waals surface area contributed by atoms with Crippen LogP contribution < -0.4 is 5.32 Å². The molecule has 170 valence electrons. The molecule has 0 spiro atoms. The molecule has 1 N–H and O–H groups in total. The number of nitrogens with one attached hydrogen (secondary N) is 1. The van der Waals surface area contributed by atoms with E-state index in [4.69, 9.17) is 16.3 Å². The fraction of sp³-hybridized carbons (Fsp3) is 0.500. The van der Waals surface area contributed by atoms with Gasteiger partial charge in [-0.25, -0.2) is 4.99 Å². The zero-order chi connectivity index (χ0) is 21.5. The maximum absolute atomic E-state index is 12.8. The van der Waals surface area contributed by atoms with Crippen molar-refractivity contribution in [3.05, 3.63) is 46.5 Å². The van der Waals surface area contributed by atoms with Crippen LogP contribution in [0.15, 0.2) is 29.3 Å². The topological polar surface area (TPSA) is 87.9 Å². The van der Waals surface area contributed by atoms with Crippen molar-refractivity contribution in [3.63, 3.8) is 0 Å². The number of halogens is 2. The highest BCUT2D eigenvalue weighted by molar-refractivity contribution is 14.0. The van der Waals surface area contributed by atoms with Crippen molar-refractivity contribution in [3.8, 4) is 0 Å². The Morgan fingerprint density at radius 2 is 2.00 bits per heavy atom. The van der Waals surface area contributed by atoms with Crippen LogP contribution in [0, 0.1) is 6.92 Å². The third-order valence-electron chi connectivity index (χ3n) is 5.05. The first-order chi connectivity index (χ1) is 14.5. The molecule has 31 heavy (non-hydrogen) atoms. The quantitative estimate of drug-likeness (QED) is 0.240. The van der Waals surface area contributed by atoms with Crippen LogP contribution in [-0.4, -0.2) is 76.3 Å². The zero-order valence-electron chi connectivity index (χ0n) is 18.0. The maximum Gasteiger partial charge on any atom is 0.242 e. The fourth-order valence-electron chi connectivity index (χ4n) is 3.13. The standard InChI is InChI=1S/C20H28ClN7O2.HI/c1-15-24-25-18(26(15)2)12-23-20(22-8-11-30-3)28-10-9-27(19(29)14-28)13-16-4-6-17(21)7-5-16;/h4-7H,8-14H2,1-3H3,(H,22,23);1H. The molecule has 0 atom stereocenters.